The van der Waals surface area contributed by atoms with Gasteiger partial charge in [0, 0.05) is 37.0 Å². The molecule has 8 heteroatoms. The van der Waals surface area contributed by atoms with Gasteiger partial charge in [-0.05, 0) is 35.4 Å². The van der Waals surface area contributed by atoms with Crippen molar-refractivity contribution in [3.05, 3.63) is 66.5 Å². The van der Waals surface area contributed by atoms with Gasteiger partial charge in [0.05, 0.1) is 13.3 Å². The SMILES string of the molecule is COc1cccc(CN(CCC(N)=O)C(=O)Nc2ccc(-c3cn[nH]c3)cc2)c1. The first-order valence-corrected chi connectivity index (χ1v) is 9.11. The van der Waals surface area contributed by atoms with Gasteiger partial charge in [0.15, 0.2) is 0 Å². The second-order valence-corrected chi connectivity index (χ2v) is 6.48. The van der Waals surface area contributed by atoms with Crippen molar-refractivity contribution >= 4 is 17.6 Å². The number of rotatable bonds is 8. The van der Waals surface area contributed by atoms with Crippen molar-refractivity contribution in [1.82, 2.24) is 15.1 Å². The number of ether oxygens (including phenoxy) is 1. The zero-order valence-corrected chi connectivity index (χ0v) is 16.1. The Morgan fingerprint density at radius 2 is 1.97 bits per heavy atom. The number of H-pyrrole nitrogens is 1. The van der Waals surface area contributed by atoms with Crippen LogP contribution in [0.3, 0.4) is 0 Å². The Bertz CT molecular complexity index is 955. The van der Waals surface area contributed by atoms with Gasteiger partial charge in [-0.25, -0.2) is 4.79 Å². The van der Waals surface area contributed by atoms with E-state index in [0.717, 1.165) is 16.7 Å². The molecule has 0 radical (unpaired) electrons. The normalized spacial score (nSPS) is 10.4. The molecule has 0 atom stereocenters. The van der Waals surface area contributed by atoms with Gasteiger partial charge in [0.25, 0.3) is 0 Å². The highest BCUT2D eigenvalue weighted by Gasteiger charge is 2.16. The lowest BCUT2D eigenvalue weighted by atomic mass is 10.1. The molecule has 1 aromatic heterocycles. The summed E-state index contributed by atoms with van der Waals surface area (Å²) in [7, 11) is 1.59. The number of primary amides is 1. The second-order valence-electron chi connectivity index (χ2n) is 6.48. The predicted octanol–water partition coefficient (Wildman–Crippen LogP) is 2.99. The van der Waals surface area contributed by atoms with Crippen LogP contribution in [-0.4, -0.2) is 40.7 Å². The number of carbonyl (C=O) groups is 2. The molecule has 29 heavy (non-hydrogen) atoms. The van der Waals surface area contributed by atoms with Crippen LogP contribution in [0.5, 0.6) is 5.75 Å². The Labute approximate surface area is 168 Å². The second kappa shape index (κ2) is 9.41. The number of nitrogens with one attached hydrogen (secondary N) is 2. The molecule has 0 fully saturated rings. The summed E-state index contributed by atoms with van der Waals surface area (Å²) in [5, 5.41) is 9.57. The Morgan fingerprint density at radius 3 is 2.62 bits per heavy atom. The number of hydrogen-bond acceptors (Lipinski definition) is 4. The van der Waals surface area contributed by atoms with Crippen molar-refractivity contribution in [2.75, 3.05) is 19.0 Å². The fourth-order valence-electron chi connectivity index (χ4n) is 2.85. The summed E-state index contributed by atoms with van der Waals surface area (Å²) in [5.74, 6) is 0.241. The lowest BCUT2D eigenvalue weighted by molar-refractivity contribution is -0.118. The topological polar surface area (TPSA) is 113 Å². The van der Waals surface area contributed by atoms with Crippen LogP contribution >= 0.6 is 0 Å². The van der Waals surface area contributed by atoms with Crippen LogP contribution in [0.1, 0.15) is 12.0 Å². The molecule has 4 N–H and O–H groups in total. The number of benzene rings is 2. The summed E-state index contributed by atoms with van der Waals surface area (Å²) in [6, 6.07) is 14.6. The molecule has 3 amide bonds. The average molecular weight is 393 g/mol. The summed E-state index contributed by atoms with van der Waals surface area (Å²) in [5.41, 5.74) is 8.76. The van der Waals surface area contributed by atoms with Crippen molar-refractivity contribution in [1.29, 1.82) is 0 Å². The van der Waals surface area contributed by atoms with Crippen LogP contribution < -0.4 is 15.8 Å². The van der Waals surface area contributed by atoms with Crippen LogP contribution in [0.15, 0.2) is 60.9 Å². The zero-order chi connectivity index (χ0) is 20.6. The van der Waals surface area contributed by atoms with Crippen molar-refractivity contribution in [3.63, 3.8) is 0 Å². The molecule has 0 aliphatic rings. The Balaban J connectivity index is 1.70. The van der Waals surface area contributed by atoms with Crippen LogP contribution in [0.25, 0.3) is 11.1 Å². The van der Waals surface area contributed by atoms with Crippen molar-refractivity contribution in [3.8, 4) is 16.9 Å². The first-order valence-electron chi connectivity index (χ1n) is 9.11. The summed E-state index contributed by atoms with van der Waals surface area (Å²) < 4.78 is 5.23. The quantitative estimate of drug-likeness (QED) is 0.546. The first-order chi connectivity index (χ1) is 14.0. The molecule has 1 heterocycles. The highest BCUT2D eigenvalue weighted by molar-refractivity contribution is 5.90. The maximum Gasteiger partial charge on any atom is 0.322 e. The zero-order valence-electron chi connectivity index (χ0n) is 16.1. The van der Waals surface area contributed by atoms with E-state index in [0.29, 0.717) is 18.0 Å². The summed E-state index contributed by atoms with van der Waals surface area (Å²) in [4.78, 5) is 25.6. The average Bonchev–Trinajstić information content (AvgIpc) is 3.26. The van der Waals surface area contributed by atoms with E-state index in [1.165, 1.54) is 0 Å². The molecule has 0 spiro atoms. The van der Waals surface area contributed by atoms with Crippen molar-refractivity contribution < 1.29 is 14.3 Å². The van der Waals surface area contributed by atoms with E-state index >= 15 is 0 Å². The molecule has 0 saturated heterocycles. The number of aromatic amines is 1. The van der Waals surface area contributed by atoms with Crippen LogP contribution in [0, 0.1) is 0 Å². The van der Waals surface area contributed by atoms with E-state index in [-0.39, 0.29) is 19.0 Å². The fourth-order valence-corrected chi connectivity index (χ4v) is 2.85. The third kappa shape index (κ3) is 5.58. The molecule has 0 unspecified atom stereocenters. The number of amides is 3. The van der Waals surface area contributed by atoms with Gasteiger partial charge >= 0.3 is 6.03 Å². The van der Waals surface area contributed by atoms with E-state index in [2.05, 4.69) is 15.5 Å². The molecule has 0 aliphatic heterocycles. The largest absolute Gasteiger partial charge is 0.497 e. The van der Waals surface area contributed by atoms with Gasteiger partial charge in [-0.3, -0.25) is 9.89 Å². The van der Waals surface area contributed by atoms with E-state index in [1.54, 1.807) is 24.4 Å². The number of aromatic nitrogens is 2. The highest BCUT2D eigenvalue weighted by Crippen LogP contribution is 2.21. The minimum absolute atomic E-state index is 0.0802. The van der Waals surface area contributed by atoms with Crippen molar-refractivity contribution in [2.24, 2.45) is 5.73 Å². The molecule has 3 aromatic rings. The van der Waals surface area contributed by atoms with Crippen LogP contribution in [0.2, 0.25) is 0 Å². The van der Waals surface area contributed by atoms with E-state index in [1.807, 2.05) is 48.5 Å². The monoisotopic (exact) mass is 393 g/mol. The van der Waals surface area contributed by atoms with Gasteiger partial charge in [0.2, 0.25) is 5.91 Å². The van der Waals surface area contributed by atoms with E-state index < -0.39 is 5.91 Å². The van der Waals surface area contributed by atoms with Gasteiger partial charge in [-0.1, -0.05) is 24.3 Å². The molecule has 2 aromatic carbocycles. The third-order valence-corrected chi connectivity index (χ3v) is 4.39. The Kier molecular flexibility index (Phi) is 6.47. The van der Waals surface area contributed by atoms with Gasteiger partial charge in [-0.15, -0.1) is 0 Å². The molecule has 8 nitrogen and oxygen atoms in total. The lowest BCUT2D eigenvalue weighted by Crippen LogP contribution is -2.36. The lowest BCUT2D eigenvalue weighted by Gasteiger charge is -2.23. The number of methoxy groups -OCH3 is 1. The number of anilines is 1. The highest BCUT2D eigenvalue weighted by atomic mass is 16.5. The summed E-state index contributed by atoms with van der Waals surface area (Å²) in [6.45, 7) is 0.537. The predicted molar refractivity (Wildman–Crippen MR) is 110 cm³/mol. The van der Waals surface area contributed by atoms with Gasteiger partial charge < -0.3 is 20.7 Å². The van der Waals surface area contributed by atoms with Gasteiger partial charge in [0.1, 0.15) is 5.75 Å². The fraction of sp³-hybridized carbons (Fsp3) is 0.190. The number of urea groups is 1. The Morgan fingerprint density at radius 1 is 1.17 bits per heavy atom. The number of hydrogen-bond donors (Lipinski definition) is 3. The minimum Gasteiger partial charge on any atom is -0.497 e. The van der Waals surface area contributed by atoms with E-state index in [9.17, 15) is 9.59 Å². The molecule has 150 valence electrons. The maximum absolute atomic E-state index is 12.8. The standard InChI is InChI=1S/C21H23N5O3/c1-29-19-4-2-3-15(11-19)14-26(10-9-20(22)27)21(28)25-18-7-5-16(6-8-18)17-12-23-24-13-17/h2-8,11-13H,9-10,14H2,1H3,(H2,22,27)(H,23,24)(H,25,28). The smallest absolute Gasteiger partial charge is 0.322 e. The molecule has 0 aliphatic carbocycles. The summed E-state index contributed by atoms with van der Waals surface area (Å²) in [6.07, 6.45) is 3.61. The first kappa shape index (κ1) is 19.9. The maximum atomic E-state index is 12.8. The number of nitrogens with two attached hydrogens (primary N) is 1. The molecule has 3 rings (SSSR count). The molecule has 0 bridgehead atoms. The molecular formula is C21H23N5O3. The van der Waals surface area contributed by atoms with Crippen LogP contribution in [0.4, 0.5) is 10.5 Å². The molecular weight excluding hydrogens is 370 g/mol. The van der Waals surface area contributed by atoms with Crippen LogP contribution in [-0.2, 0) is 11.3 Å². The van der Waals surface area contributed by atoms with Crippen molar-refractivity contribution in [2.45, 2.75) is 13.0 Å². The number of carbonyl (C=O) groups excluding carboxylic acids is 2. The van der Waals surface area contributed by atoms with Gasteiger partial charge in [-0.2, -0.15) is 5.10 Å². The molecule has 0 saturated carbocycles. The van der Waals surface area contributed by atoms with E-state index in [4.69, 9.17) is 10.5 Å². The number of nitrogens with zero attached hydrogens (tertiary/aromatic N) is 2. The minimum atomic E-state index is -0.460. The third-order valence-electron chi connectivity index (χ3n) is 4.39. The summed E-state index contributed by atoms with van der Waals surface area (Å²) >= 11 is 0. The Hall–Kier alpha value is -3.81.